The molecule has 2 aromatic carbocycles. The van der Waals surface area contributed by atoms with Crippen LogP contribution in [-0.2, 0) is 9.53 Å². The molecule has 7 heteroatoms. The number of carbonyl (C=O) groups is 3. The summed E-state index contributed by atoms with van der Waals surface area (Å²) in [4.78, 5) is 36.5. The van der Waals surface area contributed by atoms with E-state index in [0.29, 0.717) is 10.4 Å². The van der Waals surface area contributed by atoms with Gasteiger partial charge in [0.15, 0.2) is 6.10 Å². The number of ether oxygens (including phenoxy) is 1. The molecule has 26 heavy (non-hydrogen) atoms. The van der Waals surface area contributed by atoms with Gasteiger partial charge in [0.05, 0.1) is 0 Å². The number of hydrogen-bond donors (Lipinski definition) is 2. The predicted molar refractivity (Wildman–Crippen MR) is 98.8 cm³/mol. The highest BCUT2D eigenvalue weighted by Gasteiger charge is 2.21. The van der Waals surface area contributed by atoms with E-state index in [9.17, 15) is 14.4 Å². The predicted octanol–water partition coefficient (Wildman–Crippen LogP) is 2.91. The largest absolute Gasteiger partial charge is 0.448 e. The molecule has 0 fully saturated rings. The van der Waals surface area contributed by atoms with Crippen molar-refractivity contribution in [2.45, 2.75) is 13.0 Å². The van der Waals surface area contributed by atoms with Crippen LogP contribution in [-0.4, -0.2) is 23.9 Å². The molecule has 0 radical (unpaired) electrons. The van der Waals surface area contributed by atoms with Crippen LogP contribution in [0.25, 0.3) is 10.1 Å². The van der Waals surface area contributed by atoms with Crippen LogP contribution in [0.15, 0.2) is 60.7 Å². The molecule has 0 saturated carbocycles. The van der Waals surface area contributed by atoms with Gasteiger partial charge in [-0.25, -0.2) is 4.79 Å². The van der Waals surface area contributed by atoms with E-state index in [1.807, 2.05) is 24.3 Å². The molecule has 6 nitrogen and oxygen atoms in total. The molecule has 0 unspecified atom stereocenters. The molecule has 1 atom stereocenters. The lowest BCUT2D eigenvalue weighted by Crippen LogP contribution is -2.46. The summed E-state index contributed by atoms with van der Waals surface area (Å²) < 4.78 is 6.14. The number of benzene rings is 2. The third-order valence-electron chi connectivity index (χ3n) is 3.61. The summed E-state index contributed by atoms with van der Waals surface area (Å²) in [6.45, 7) is 1.44. The maximum atomic E-state index is 12.2. The zero-order valence-corrected chi connectivity index (χ0v) is 14.7. The highest BCUT2D eigenvalue weighted by atomic mass is 32.1. The summed E-state index contributed by atoms with van der Waals surface area (Å²) in [6, 6.07) is 17.8. The van der Waals surface area contributed by atoms with E-state index in [1.54, 1.807) is 36.4 Å². The normalized spacial score (nSPS) is 11.6. The zero-order valence-electron chi connectivity index (χ0n) is 13.9. The first-order chi connectivity index (χ1) is 12.5. The summed E-state index contributed by atoms with van der Waals surface area (Å²) in [5.74, 6) is -1.66. The lowest BCUT2D eigenvalue weighted by molar-refractivity contribution is -0.129. The Morgan fingerprint density at radius 1 is 0.962 bits per heavy atom. The maximum absolute atomic E-state index is 12.2. The van der Waals surface area contributed by atoms with Gasteiger partial charge in [-0.3, -0.25) is 20.4 Å². The minimum absolute atomic E-state index is 0.405. The number of rotatable bonds is 4. The van der Waals surface area contributed by atoms with Gasteiger partial charge in [-0.2, -0.15) is 0 Å². The van der Waals surface area contributed by atoms with Gasteiger partial charge in [-0.1, -0.05) is 36.4 Å². The van der Waals surface area contributed by atoms with E-state index in [1.165, 1.54) is 18.3 Å². The first kappa shape index (κ1) is 17.6. The van der Waals surface area contributed by atoms with E-state index in [-0.39, 0.29) is 0 Å². The quantitative estimate of drug-likeness (QED) is 0.548. The second-order valence-electron chi connectivity index (χ2n) is 5.51. The van der Waals surface area contributed by atoms with Gasteiger partial charge in [0.1, 0.15) is 4.88 Å². The number of hydrazine groups is 1. The van der Waals surface area contributed by atoms with Gasteiger partial charge in [-0.05, 0) is 36.6 Å². The second kappa shape index (κ2) is 7.79. The molecule has 3 rings (SSSR count). The second-order valence-corrected chi connectivity index (χ2v) is 6.59. The summed E-state index contributed by atoms with van der Waals surface area (Å²) in [6.07, 6.45) is -1.05. The third kappa shape index (κ3) is 4.07. The van der Waals surface area contributed by atoms with Crippen LogP contribution >= 0.6 is 11.3 Å². The van der Waals surface area contributed by atoms with Crippen molar-refractivity contribution in [2.24, 2.45) is 0 Å². The van der Waals surface area contributed by atoms with E-state index in [2.05, 4.69) is 10.9 Å². The minimum Gasteiger partial charge on any atom is -0.448 e. The Bertz CT molecular complexity index is 919. The summed E-state index contributed by atoms with van der Waals surface area (Å²) >= 11 is 1.30. The van der Waals surface area contributed by atoms with Crippen molar-refractivity contribution in [3.8, 4) is 0 Å². The number of hydrogen-bond acceptors (Lipinski definition) is 5. The highest BCUT2D eigenvalue weighted by molar-refractivity contribution is 7.20. The van der Waals surface area contributed by atoms with Gasteiger partial charge < -0.3 is 4.74 Å². The third-order valence-corrected chi connectivity index (χ3v) is 4.71. The molecule has 2 N–H and O–H groups in total. The van der Waals surface area contributed by atoms with Crippen molar-refractivity contribution in [2.75, 3.05) is 0 Å². The van der Waals surface area contributed by atoms with Crippen LogP contribution in [0.1, 0.15) is 27.0 Å². The van der Waals surface area contributed by atoms with Gasteiger partial charge >= 0.3 is 5.97 Å². The van der Waals surface area contributed by atoms with Crippen molar-refractivity contribution in [1.29, 1.82) is 0 Å². The van der Waals surface area contributed by atoms with E-state index >= 15 is 0 Å². The Morgan fingerprint density at radius 3 is 2.38 bits per heavy atom. The van der Waals surface area contributed by atoms with Crippen molar-refractivity contribution in [1.82, 2.24) is 10.9 Å². The lowest BCUT2D eigenvalue weighted by atomic mass is 10.2. The number of esters is 1. The maximum Gasteiger partial charge on any atom is 0.349 e. The van der Waals surface area contributed by atoms with Crippen molar-refractivity contribution in [3.63, 3.8) is 0 Å². The Morgan fingerprint density at radius 2 is 1.65 bits per heavy atom. The molecule has 132 valence electrons. The standard InChI is InChI=1S/C19H16N2O4S/c1-12(17(22)20-21-18(23)13-7-3-2-4-8-13)25-19(24)16-11-14-9-5-6-10-15(14)26-16/h2-12H,1H3,(H,20,22)(H,21,23)/t12-/m0/s1. The first-order valence-corrected chi connectivity index (χ1v) is 8.71. The molecule has 0 bridgehead atoms. The first-order valence-electron chi connectivity index (χ1n) is 7.89. The molecular weight excluding hydrogens is 352 g/mol. The average molecular weight is 368 g/mol. The SMILES string of the molecule is C[C@H](OC(=O)c1cc2ccccc2s1)C(=O)NNC(=O)c1ccccc1. The summed E-state index contributed by atoms with van der Waals surface area (Å²) in [7, 11) is 0. The van der Waals surface area contributed by atoms with Crippen LogP contribution in [0.4, 0.5) is 0 Å². The Hall–Kier alpha value is -3.19. The Balaban J connectivity index is 1.55. The molecular formula is C19H16N2O4S. The van der Waals surface area contributed by atoms with Gasteiger partial charge in [0.2, 0.25) is 0 Å². The molecule has 0 aliphatic rings. The average Bonchev–Trinajstić information content (AvgIpc) is 3.10. The van der Waals surface area contributed by atoms with Crippen LogP contribution < -0.4 is 10.9 Å². The fourth-order valence-electron chi connectivity index (χ4n) is 2.24. The topological polar surface area (TPSA) is 84.5 Å². The fraction of sp³-hybridized carbons (Fsp3) is 0.105. The molecule has 1 heterocycles. The van der Waals surface area contributed by atoms with E-state index in [4.69, 9.17) is 4.74 Å². The number of thiophene rings is 1. The molecule has 0 spiro atoms. The molecule has 0 aliphatic heterocycles. The van der Waals surface area contributed by atoms with Crippen LogP contribution in [0, 0.1) is 0 Å². The van der Waals surface area contributed by atoms with Gasteiger partial charge in [-0.15, -0.1) is 11.3 Å². The van der Waals surface area contributed by atoms with Crippen molar-refractivity contribution in [3.05, 3.63) is 71.1 Å². The lowest BCUT2D eigenvalue weighted by Gasteiger charge is -2.13. The van der Waals surface area contributed by atoms with Crippen molar-refractivity contribution >= 4 is 39.2 Å². The minimum atomic E-state index is -1.05. The van der Waals surface area contributed by atoms with Gasteiger partial charge in [0, 0.05) is 10.3 Å². The molecule has 2 amide bonds. The number of amides is 2. The monoisotopic (exact) mass is 368 g/mol. The highest BCUT2D eigenvalue weighted by Crippen LogP contribution is 2.26. The van der Waals surface area contributed by atoms with Crippen LogP contribution in [0.2, 0.25) is 0 Å². The van der Waals surface area contributed by atoms with Crippen LogP contribution in [0.3, 0.4) is 0 Å². The zero-order chi connectivity index (χ0) is 18.5. The molecule has 3 aromatic rings. The number of fused-ring (bicyclic) bond motifs is 1. The summed E-state index contributed by atoms with van der Waals surface area (Å²) in [5.41, 5.74) is 4.94. The van der Waals surface area contributed by atoms with Crippen LogP contribution in [0.5, 0.6) is 0 Å². The number of nitrogens with one attached hydrogen (secondary N) is 2. The Kier molecular flexibility index (Phi) is 5.28. The smallest absolute Gasteiger partial charge is 0.349 e. The molecule has 1 aromatic heterocycles. The number of carbonyl (C=O) groups excluding carboxylic acids is 3. The molecule has 0 aliphatic carbocycles. The fourth-order valence-corrected chi connectivity index (χ4v) is 3.18. The molecule has 0 saturated heterocycles. The van der Waals surface area contributed by atoms with Crippen molar-refractivity contribution < 1.29 is 19.1 Å². The van der Waals surface area contributed by atoms with Gasteiger partial charge in [0.25, 0.3) is 11.8 Å². The van der Waals surface area contributed by atoms with E-state index < -0.39 is 23.9 Å². The van der Waals surface area contributed by atoms with E-state index in [0.717, 1.165) is 10.1 Å². The Labute approximate surface area is 153 Å². The summed E-state index contributed by atoms with van der Waals surface area (Å²) in [5, 5.41) is 0.941.